The van der Waals surface area contributed by atoms with Gasteiger partial charge in [0.15, 0.2) is 0 Å². The van der Waals surface area contributed by atoms with Crippen LogP contribution in [0.5, 0.6) is 0 Å². The van der Waals surface area contributed by atoms with Gasteiger partial charge in [-0.15, -0.1) is 18.1 Å². The van der Waals surface area contributed by atoms with E-state index in [1.807, 2.05) is 30.3 Å². The number of amides is 1. The van der Waals surface area contributed by atoms with Crippen molar-refractivity contribution in [3.8, 4) is 0 Å². The average Bonchev–Trinajstić information content (AvgIpc) is 3.07. The van der Waals surface area contributed by atoms with Crippen LogP contribution >= 0.6 is 0 Å². The molecule has 1 amide bonds. The summed E-state index contributed by atoms with van der Waals surface area (Å²) in [5.74, 6) is -1.09. The first-order chi connectivity index (χ1) is 13.6. The molecule has 0 fully saturated rings. The largest absolute Gasteiger partial charge is 0.462 e. The zero-order valence-electron chi connectivity index (χ0n) is 15.0. The first-order valence-electron chi connectivity index (χ1n) is 8.39. The predicted molar refractivity (Wildman–Crippen MR) is 106 cm³/mol. The van der Waals surface area contributed by atoms with E-state index >= 15 is 0 Å². The molecule has 0 bridgehead atoms. The van der Waals surface area contributed by atoms with Crippen LogP contribution < -0.4 is 16.0 Å². The average molecular weight is 378 g/mol. The van der Waals surface area contributed by atoms with Gasteiger partial charge in [-0.25, -0.2) is 4.79 Å². The smallest absolute Gasteiger partial charge is 0.333 e. The third-order valence-electron chi connectivity index (χ3n) is 3.58. The number of anilines is 2. The second-order valence-electron chi connectivity index (χ2n) is 5.63. The number of nitrogens with zero attached hydrogens (tertiary/aromatic N) is 5. The first-order valence-corrected chi connectivity index (χ1v) is 8.39. The molecule has 0 aliphatic rings. The molecular weight excluding hydrogens is 360 g/mol. The summed E-state index contributed by atoms with van der Waals surface area (Å²) in [4.78, 5) is 37.8. The number of aromatic nitrogens is 4. The molecule has 142 valence electrons. The zero-order chi connectivity index (χ0) is 19.9. The van der Waals surface area contributed by atoms with E-state index in [9.17, 15) is 9.59 Å². The maximum absolute atomic E-state index is 12.3. The Morgan fingerprint density at radius 1 is 1.14 bits per heavy atom. The SMILES string of the molecule is C=CCN(CC=C)c1nc(NC(=O)C=Cc2ccccc2)n2oc(=O)nc2n1. The maximum atomic E-state index is 12.3. The van der Waals surface area contributed by atoms with Crippen molar-refractivity contribution in [3.63, 3.8) is 0 Å². The van der Waals surface area contributed by atoms with Gasteiger partial charge in [-0.1, -0.05) is 47.1 Å². The summed E-state index contributed by atoms with van der Waals surface area (Å²) in [6, 6.07) is 9.34. The number of rotatable bonds is 8. The predicted octanol–water partition coefficient (Wildman–Crippen LogP) is 1.91. The normalized spacial score (nSPS) is 10.9. The van der Waals surface area contributed by atoms with Gasteiger partial charge in [-0.05, 0) is 11.6 Å². The van der Waals surface area contributed by atoms with E-state index in [0.717, 1.165) is 10.1 Å². The Labute approximate surface area is 160 Å². The minimum absolute atomic E-state index is 0.0181. The van der Waals surface area contributed by atoms with Crippen LogP contribution in [0.3, 0.4) is 0 Å². The standard InChI is InChI=1S/C19H18N6O3/c1-3-12-24(13-4-2)16-21-17(25-18(22-16)23-19(27)28-25)20-15(26)11-10-14-8-6-5-7-9-14/h3-11H,1-2,12-13H2,(H,20,21,22,23,26,27). The Hall–Kier alpha value is -4.01. The molecule has 9 heteroatoms. The number of carbonyl (C=O) groups is 1. The van der Waals surface area contributed by atoms with Gasteiger partial charge in [0, 0.05) is 19.2 Å². The Balaban J connectivity index is 1.93. The van der Waals surface area contributed by atoms with E-state index in [1.54, 1.807) is 23.1 Å². The molecule has 0 aliphatic heterocycles. The molecular formula is C19H18N6O3. The third-order valence-corrected chi connectivity index (χ3v) is 3.58. The molecule has 0 aliphatic carbocycles. The summed E-state index contributed by atoms with van der Waals surface area (Å²) in [7, 11) is 0. The highest BCUT2D eigenvalue weighted by atomic mass is 16.5. The molecule has 9 nitrogen and oxygen atoms in total. The molecule has 2 aromatic heterocycles. The first kappa shape index (κ1) is 18.8. The van der Waals surface area contributed by atoms with Crippen LogP contribution in [0.4, 0.5) is 11.9 Å². The number of fused-ring (bicyclic) bond motifs is 1. The van der Waals surface area contributed by atoms with Gasteiger partial charge in [-0.2, -0.15) is 9.97 Å². The zero-order valence-corrected chi connectivity index (χ0v) is 15.0. The Kier molecular flexibility index (Phi) is 5.75. The van der Waals surface area contributed by atoms with Gasteiger partial charge >= 0.3 is 5.76 Å². The van der Waals surface area contributed by atoms with Crippen molar-refractivity contribution in [2.75, 3.05) is 23.3 Å². The van der Waals surface area contributed by atoms with Crippen LogP contribution in [0.15, 0.2) is 71.0 Å². The number of carbonyl (C=O) groups excluding carboxylic acids is 1. The van der Waals surface area contributed by atoms with Gasteiger partial charge in [-0.3, -0.25) is 10.1 Å². The van der Waals surface area contributed by atoms with Crippen molar-refractivity contribution in [2.24, 2.45) is 0 Å². The monoisotopic (exact) mass is 378 g/mol. The minimum atomic E-state index is -0.847. The Bertz CT molecular complexity index is 1070. The molecule has 0 atom stereocenters. The van der Waals surface area contributed by atoms with Crippen LogP contribution in [0.1, 0.15) is 5.56 Å². The molecule has 0 saturated heterocycles. The van der Waals surface area contributed by atoms with Crippen LogP contribution in [-0.2, 0) is 4.79 Å². The van der Waals surface area contributed by atoms with Crippen molar-refractivity contribution in [3.05, 3.63) is 77.8 Å². The minimum Gasteiger partial charge on any atom is -0.333 e. The molecule has 0 radical (unpaired) electrons. The summed E-state index contributed by atoms with van der Waals surface area (Å²) < 4.78 is 5.92. The molecule has 1 N–H and O–H groups in total. The van der Waals surface area contributed by atoms with Gasteiger partial charge in [0.2, 0.25) is 5.95 Å². The lowest BCUT2D eigenvalue weighted by Gasteiger charge is -2.19. The molecule has 3 aromatic rings. The lowest BCUT2D eigenvalue weighted by Crippen LogP contribution is -2.26. The van der Waals surface area contributed by atoms with E-state index in [2.05, 4.69) is 33.4 Å². The van der Waals surface area contributed by atoms with Crippen molar-refractivity contribution < 1.29 is 9.32 Å². The molecule has 1 aromatic carbocycles. The second-order valence-corrected chi connectivity index (χ2v) is 5.63. The van der Waals surface area contributed by atoms with E-state index in [4.69, 9.17) is 4.52 Å². The summed E-state index contributed by atoms with van der Waals surface area (Å²) >= 11 is 0. The molecule has 28 heavy (non-hydrogen) atoms. The van der Waals surface area contributed by atoms with Crippen molar-refractivity contribution in [2.45, 2.75) is 0 Å². The molecule has 0 unspecified atom stereocenters. The summed E-state index contributed by atoms with van der Waals surface area (Å²) in [5.41, 5.74) is 0.864. The molecule has 0 spiro atoms. The quantitative estimate of drug-likeness (QED) is 0.471. The van der Waals surface area contributed by atoms with Gasteiger partial charge in [0.05, 0.1) is 0 Å². The summed E-state index contributed by atoms with van der Waals surface area (Å²) in [6.07, 6.45) is 6.35. The third kappa shape index (κ3) is 4.39. The van der Waals surface area contributed by atoms with E-state index in [0.29, 0.717) is 13.1 Å². The summed E-state index contributed by atoms with van der Waals surface area (Å²) in [6.45, 7) is 8.27. The maximum Gasteiger partial charge on any atom is 0.462 e. The lowest BCUT2D eigenvalue weighted by molar-refractivity contribution is -0.111. The fourth-order valence-corrected chi connectivity index (χ4v) is 2.39. The van der Waals surface area contributed by atoms with Gasteiger partial charge < -0.3 is 9.42 Å². The number of hydrogen-bond donors (Lipinski definition) is 1. The second kappa shape index (κ2) is 8.58. The fourth-order valence-electron chi connectivity index (χ4n) is 2.39. The van der Waals surface area contributed by atoms with Gasteiger partial charge in [0.1, 0.15) is 0 Å². The van der Waals surface area contributed by atoms with Gasteiger partial charge in [0.25, 0.3) is 17.6 Å². The lowest BCUT2D eigenvalue weighted by atomic mass is 10.2. The van der Waals surface area contributed by atoms with Crippen LogP contribution in [0.25, 0.3) is 11.9 Å². The molecule has 3 rings (SSSR count). The van der Waals surface area contributed by atoms with Crippen molar-refractivity contribution >= 4 is 29.7 Å². The highest BCUT2D eigenvalue weighted by Gasteiger charge is 2.17. The highest BCUT2D eigenvalue weighted by Crippen LogP contribution is 2.14. The topological polar surface area (TPSA) is 106 Å². The van der Waals surface area contributed by atoms with E-state index in [1.165, 1.54) is 6.08 Å². The van der Waals surface area contributed by atoms with Crippen molar-refractivity contribution in [1.82, 2.24) is 19.5 Å². The molecule has 2 heterocycles. The number of benzene rings is 1. The van der Waals surface area contributed by atoms with E-state index in [-0.39, 0.29) is 17.7 Å². The highest BCUT2D eigenvalue weighted by molar-refractivity contribution is 6.01. The van der Waals surface area contributed by atoms with Crippen LogP contribution in [-0.4, -0.2) is 38.5 Å². The summed E-state index contributed by atoms with van der Waals surface area (Å²) in [5, 5.41) is 2.58. The van der Waals surface area contributed by atoms with E-state index < -0.39 is 11.7 Å². The Morgan fingerprint density at radius 2 is 1.86 bits per heavy atom. The van der Waals surface area contributed by atoms with Crippen molar-refractivity contribution in [1.29, 1.82) is 0 Å². The van der Waals surface area contributed by atoms with Crippen LogP contribution in [0, 0.1) is 0 Å². The molecule has 0 saturated carbocycles. The van der Waals surface area contributed by atoms with Crippen LogP contribution in [0.2, 0.25) is 0 Å². The number of hydrogen-bond acceptors (Lipinski definition) is 7. The Morgan fingerprint density at radius 3 is 2.54 bits per heavy atom. The number of nitrogens with one attached hydrogen (secondary N) is 1. The fraction of sp³-hybridized carbons (Fsp3) is 0.105.